The highest BCUT2D eigenvalue weighted by Gasteiger charge is 2.29. The van der Waals surface area contributed by atoms with Gasteiger partial charge in [0.15, 0.2) is 5.82 Å². The Morgan fingerprint density at radius 2 is 2.06 bits per heavy atom. The number of imidazole rings is 1. The Kier molecular flexibility index (Phi) is 4.99. The highest BCUT2D eigenvalue weighted by Crippen LogP contribution is 2.40. The van der Waals surface area contributed by atoms with E-state index in [0.717, 1.165) is 71.9 Å². The van der Waals surface area contributed by atoms with Crippen LogP contribution in [0.25, 0.3) is 33.5 Å². The van der Waals surface area contributed by atoms with Crippen LogP contribution in [0.1, 0.15) is 36.0 Å². The average Bonchev–Trinajstić information content (AvgIpc) is 3.55. The topological polar surface area (TPSA) is 87.5 Å². The van der Waals surface area contributed by atoms with Gasteiger partial charge in [-0.15, -0.1) is 0 Å². The monoisotopic (exact) mass is 485 g/mol. The Morgan fingerprint density at radius 3 is 2.86 bits per heavy atom. The van der Waals surface area contributed by atoms with Gasteiger partial charge >= 0.3 is 0 Å². The van der Waals surface area contributed by atoms with Gasteiger partial charge in [0.25, 0.3) is 5.91 Å². The molecule has 186 valence electrons. The zero-order valence-electron chi connectivity index (χ0n) is 20.6. The Labute approximate surface area is 209 Å². The van der Waals surface area contributed by atoms with E-state index in [0.29, 0.717) is 24.6 Å². The van der Waals surface area contributed by atoms with E-state index in [1.54, 1.807) is 7.11 Å². The molecule has 2 fully saturated rings. The molecule has 0 radical (unpaired) electrons. The molecule has 7 rings (SSSR count). The molecule has 2 N–H and O–H groups in total. The molecule has 1 unspecified atom stereocenters. The first-order chi connectivity index (χ1) is 17.6. The molecule has 3 aliphatic rings. The summed E-state index contributed by atoms with van der Waals surface area (Å²) in [7, 11) is 1.70. The van der Waals surface area contributed by atoms with Crippen LogP contribution in [0.4, 0.5) is 0 Å². The second-order valence-electron chi connectivity index (χ2n) is 10.4. The van der Waals surface area contributed by atoms with Crippen molar-refractivity contribution in [2.24, 2.45) is 11.7 Å². The summed E-state index contributed by atoms with van der Waals surface area (Å²) in [6.45, 7) is 3.59. The zero-order chi connectivity index (χ0) is 24.4. The third-order valence-corrected chi connectivity index (χ3v) is 7.85. The number of rotatable bonds is 5. The summed E-state index contributed by atoms with van der Waals surface area (Å²) in [6.07, 6.45) is 4.45. The van der Waals surface area contributed by atoms with E-state index in [4.69, 9.17) is 20.2 Å². The maximum atomic E-state index is 13.4. The third-order valence-electron chi connectivity index (χ3n) is 7.85. The van der Waals surface area contributed by atoms with E-state index in [1.165, 1.54) is 18.4 Å². The van der Waals surface area contributed by atoms with Crippen LogP contribution in [0.3, 0.4) is 0 Å². The van der Waals surface area contributed by atoms with Crippen LogP contribution in [0.5, 0.6) is 11.5 Å². The summed E-state index contributed by atoms with van der Waals surface area (Å²) < 4.78 is 16.2. The maximum absolute atomic E-state index is 13.4. The molecule has 2 aliphatic heterocycles. The van der Waals surface area contributed by atoms with E-state index >= 15 is 0 Å². The number of ether oxygens (including phenoxy) is 2. The van der Waals surface area contributed by atoms with E-state index < -0.39 is 0 Å². The number of hydrogen-bond donors (Lipinski definition) is 1. The van der Waals surface area contributed by atoms with Gasteiger partial charge in [-0.1, -0.05) is 0 Å². The van der Waals surface area contributed by atoms with Crippen molar-refractivity contribution in [3.63, 3.8) is 0 Å². The van der Waals surface area contributed by atoms with E-state index in [9.17, 15) is 4.79 Å². The number of piperidine rings is 1. The smallest absolute Gasteiger partial charge is 0.254 e. The first-order valence-corrected chi connectivity index (χ1v) is 13.0. The van der Waals surface area contributed by atoms with Crippen LogP contribution in [-0.2, 0) is 13.1 Å². The molecule has 1 aliphatic carbocycles. The van der Waals surface area contributed by atoms with Crippen LogP contribution >= 0.6 is 0 Å². The fourth-order valence-corrected chi connectivity index (χ4v) is 5.82. The molecule has 0 spiro atoms. The van der Waals surface area contributed by atoms with Gasteiger partial charge in [0, 0.05) is 42.1 Å². The minimum Gasteiger partial charge on any atom is -0.497 e. The van der Waals surface area contributed by atoms with Gasteiger partial charge < -0.3 is 29.2 Å². The highest BCUT2D eigenvalue weighted by atomic mass is 16.5. The molecule has 1 atom stereocenters. The molecule has 4 heterocycles. The van der Waals surface area contributed by atoms with Crippen LogP contribution in [0, 0.1) is 5.92 Å². The molecule has 1 amide bonds. The molecular formula is C28H31N5O3. The quantitative estimate of drug-likeness (QED) is 0.461. The number of likely N-dealkylation sites (tertiary alicyclic amines) is 1. The summed E-state index contributed by atoms with van der Waals surface area (Å²) in [4.78, 5) is 20.3. The Morgan fingerprint density at radius 1 is 1.17 bits per heavy atom. The third kappa shape index (κ3) is 3.54. The Balaban J connectivity index is 1.36. The molecule has 36 heavy (non-hydrogen) atoms. The first-order valence-electron chi connectivity index (χ1n) is 13.0. The number of carbonyl (C=O) groups excluding carboxylic acids is 1. The van der Waals surface area contributed by atoms with Crippen molar-refractivity contribution in [1.82, 2.24) is 19.0 Å². The van der Waals surface area contributed by atoms with Gasteiger partial charge in [0.1, 0.15) is 23.6 Å². The normalized spacial score (nSPS) is 19.6. The van der Waals surface area contributed by atoms with Gasteiger partial charge in [0.05, 0.1) is 24.9 Å². The van der Waals surface area contributed by atoms with Crippen molar-refractivity contribution in [2.75, 3.05) is 26.8 Å². The number of amides is 1. The summed E-state index contributed by atoms with van der Waals surface area (Å²) in [5.41, 5.74) is 10.8. The van der Waals surface area contributed by atoms with E-state index in [-0.39, 0.29) is 11.9 Å². The van der Waals surface area contributed by atoms with Crippen LogP contribution in [-0.4, -0.2) is 57.8 Å². The minimum atomic E-state index is 0.00326. The SMILES string of the molecule is COc1ccc2c(c1)cc(-c1nc3cc(C(=O)N4CCCC(N)C4)cc4c3n1CCO4)n2CC1CC1. The largest absolute Gasteiger partial charge is 0.497 e. The fraction of sp³-hybridized carbons (Fsp3) is 0.429. The second-order valence-corrected chi connectivity index (χ2v) is 10.4. The van der Waals surface area contributed by atoms with Crippen molar-refractivity contribution < 1.29 is 14.3 Å². The Bertz CT molecular complexity index is 1500. The first kappa shape index (κ1) is 21.7. The molecular weight excluding hydrogens is 454 g/mol. The number of nitrogens with zero attached hydrogens (tertiary/aromatic N) is 4. The molecule has 8 heteroatoms. The van der Waals surface area contributed by atoms with Gasteiger partial charge in [-0.2, -0.15) is 0 Å². The number of fused-ring (bicyclic) bond motifs is 1. The summed E-state index contributed by atoms with van der Waals surface area (Å²) in [6, 6.07) is 12.3. The number of aromatic nitrogens is 3. The number of hydrogen-bond acceptors (Lipinski definition) is 5. The highest BCUT2D eigenvalue weighted by molar-refractivity contribution is 6.00. The van der Waals surface area contributed by atoms with Crippen molar-refractivity contribution in [2.45, 2.75) is 44.8 Å². The molecule has 8 nitrogen and oxygen atoms in total. The lowest BCUT2D eigenvalue weighted by Crippen LogP contribution is -2.45. The predicted molar refractivity (Wildman–Crippen MR) is 139 cm³/mol. The van der Waals surface area contributed by atoms with Crippen molar-refractivity contribution >= 4 is 27.8 Å². The average molecular weight is 486 g/mol. The van der Waals surface area contributed by atoms with Crippen molar-refractivity contribution in [1.29, 1.82) is 0 Å². The summed E-state index contributed by atoms with van der Waals surface area (Å²) in [5, 5.41) is 1.15. The summed E-state index contributed by atoms with van der Waals surface area (Å²) >= 11 is 0. The lowest BCUT2D eigenvalue weighted by molar-refractivity contribution is 0.0708. The minimum absolute atomic E-state index is 0.00326. The number of benzene rings is 2. The van der Waals surface area contributed by atoms with Gasteiger partial charge in [-0.25, -0.2) is 4.98 Å². The standard InChI is InChI=1S/C28H31N5O3/c1-35-21-6-7-23-18(11-21)13-24(33(23)15-17-4-5-17)27-30-22-12-19(14-25-26(22)32(27)9-10-36-25)28(34)31-8-2-3-20(29)16-31/h6-7,11-14,17,20H,2-5,8-10,15-16,29H2,1H3. The van der Waals surface area contributed by atoms with Crippen molar-refractivity contribution in [3.05, 3.63) is 42.0 Å². The van der Waals surface area contributed by atoms with E-state index in [2.05, 4.69) is 27.3 Å². The maximum Gasteiger partial charge on any atom is 0.254 e. The predicted octanol–water partition coefficient (Wildman–Crippen LogP) is 4.03. The number of carbonyl (C=O) groups is 1. The van der Waals surface area contributed by atoms with Gasteiger partial charge in [-0.3, -0.25) is 4.79 Å². The van der Waals surface area contributed by atoms with Crippen LogP contribution in [0.15, 0.2) is 36.4 Å². The second kappa shape index (κ2) is 8.27. The number of nitrogens with two attached hydrogens (primary N) is 1. The molecule has 1 saturated carbocycles. The van der Waals surface area contributed by atoms with E-state index in [1.807, 2.05) is 23.1 Å². The van der Waals surface area contributed by atoms with Gasteiger partial charge in [-0.05, 0) is 68.0 Å². The molecule has 1 saturated heterocycles. The molecule has 2 aromatic carbocycles. The van der Waals surface area contributed by atoms with Crippen LogP contribution < -0.4 is 15.2 Å². The van der Waals surface area contributed by atoms with Gasteiger partial charge in [0.2, 0.25) is 0 Å². The zero-order valence-corrected chi connectivity index (χ0v) is 20.6. The Hall–Kier alpha value is -3.52. The molecule has 2 aromatic heterocycles. The fourth-order valence-electron chi connectivity index (χ4n) is 5.82. The number of methoxy groups -OCH3 is 1. The van der Waals surface area contributed by atoms with Crippen LogP contribution in [0.2, 0.25) is 0 Å². The lowest BCUT2D eigenvalue weighted by Gasteiger charge is -2.31. The molecule has 4 aromatic rings. The summed E-state index contributed by atoms with van der Waals surface area (Å²) in [5.74, 6) is 3.22. The van der Waals surface area contributed by atoms with Crippen molar-refractivity contribution in [3.8, 4) is 23.0 Å². The molecule has 0 bridgehead atoms. The lowest BCUT2D eigenvalue weighted by atomic mass is 10.0.